The first-order valence-electron chi connectivity index (χ1n) is 12.4. The Morgan fingerprint density at radius 2 is 1.35 bits per heavy atom. The second-order valence-electron chi connectivity index (χ2n) is 11.0. The summed E-state index contributed by atoms with van der Waals surface area (Å²) >= 11 is 0. The molecule has 0 aliphatic rings. The van der Waals surface area contributed by atoms with E-state index in [-0.39, 0.29) is 12.2 Å². The van der Waals surface area contributed by atoms with E-state index in [4.69, 9.17) is 13.3 Å². The molecule has 1 amide bonds. The van der Waals surface area contributed by atoms with Gasteiger partial charge in [-0.25, -0.2) is 4.79 Å². The van der Waals surface area contributed by atoms with Gasteiger partial charge in [-0.05, 0) is 55.9 Å². The van der Waals surface area contributed by atoms with Crippen molar-refractivity contribution in [3.05, 3.63) is 0 Å². The molecule has 0 aliphatic carbocycles. The molecular formula is C23H53NO4Si3. The SMILES string of the molecule is CCO[Si](C)(CCCN(C(=O)O[Si](C(C)C)(C(C)C)C(C)C)[Si](C)(C)C)OC(C)CC. The molecule has 0 N–H and O–H groups in total. The van der Waals surface area contributed by atoms with Crippen LogP contribution in [0, 0.1) is 0 Å². The third-order valence-electron chi connectivity index (χ3n) is 6.49. The van der Waals surface area contributed by atoms with Crippen LogP contribution in [-0.4, -0.2) is 55.0 Å². The fourth-order valence-electron chi connectivity index (χ4n) is 4.80. The minimum absolute atomic E-state index is 0.0930. The zero-order valence-electron chi connectivity index (χ0n) is 22.9. The number of rotatable bonds is 14. The molecule has 0 aromatic carbocycles. The summed E-state index contributed by atoms with van der Waals surface area (Å²) in [7, 11) is -6.40. The molecule has 0 aliphatic heterocycles. The first-order valence-corrected chi connectivity index (χ1v) is 20.5. The van der Waals surface area contributed by atoms with Gasteiger partial charge >= 0.3 is 14.7 Å². The van der Waals surface area contributed by atoms with Crippen LogP contribution in [0.15, 0.2) is 0 Å². The van der Waals surface area contributed by atoms with Crippen LogP contribution in [0.2, 0.25) is 48.9 Å². The number of nitrogens with zero attached hydrogens (tertiary/aromatic N) is 1. The standard InChI is InChI=1S/C23H53NO4Si3/c1-14-22(9)27-30(13,26-15-2)18-16-17-24(29(10,11)12)23(25)28-31(19(3)4,20(5)6)21(7)8/h19-22H,14-18H2,1-13H3. The lowest BCUT2D eigenvalue weighted by Gasteiger charge is -2.44. The van der Waals surface area contributed by atoms with Crippen LogP contribution in [0.25, 0.3) is 0 Å². The van der Waals surface area contributed by atoms with Crippen molar-refractivity contribution in [2.24, 2.45) is 0 Å². The van der Waals surface area contributed by atoms with Gasteiger partial charge < -0.3 is 17.8 Å². The molecule has 31 heavy (non-hydrogen) atoms. The van der Waals surface area contributed by atoms with Crippen LogP contribution >= 0.6 is 0 Å². The summed E-state index contributed by atoms with van der Waals surface area (Å²) in [4.78, 5) is 13.5. The molecule has 0 rings (SSSR count). The van der Waals surface area contributed by atoms with Crippen LogP contribution in [0.4, 0.5) is 4.79 Å². The van der Waals surface area contributed by atoms with Gasteiger partial charge in [0.1, 0.15) is 0 Å². The Bertz CT molecular complexity index is 516. The molecule has 0 fully saturated rings. The third kappa shape index (κ3) is 8.95. The average Bonchev–Trinajstić information content (AvgIpc) is 2.61. The molecule has 8 heteroatoms. The van der Waals surface area contributed by atoms with Crippen LogP contribution in [-0.2, 0) is 13.3 Å². The molecule has 186 valence electrons. The summed E-state index contributed by atoms with van der Waals surface area (Å²) in [5, 5.41) is 0. The summed E-state index contributed by atoms with van der Waals surface area (Å²) in [6.45, 7) is 29.9. The molecule has 0 saturated heterocycles. The van der Waals surface area contributed by atoms with Gasteiger partial charge in [-0.2, -0.15) is 0 Å². The summed E-state index contributed by atoms with van der Waals surface area (Å²) in [6.07, 6.45) is 1.98. The zero-order valence-corrected chi connectivity index (χ0v) is 25.9. The minimum Gasteiger partial charge on any atom is -0.503 e. The van der Waals surface area contributed by atoms with E-state index in [1.807, 2.05) is 6.92 Å². The zero-order chi connectivity index (χ0) is 24.6. The third-order valence-corrected chi connectivity index (χ3v) is 17.5. The van der Waals surface area contributed by atoms with E-state index in [0.29, 0.717) is 29.8 Å². The van der Waals surface area contributed by atoms with Gasteiger partial charge in [0, 0.05) is 19.3 Å². The Morgan fingerprint density at radius 1 is 0.871 bits per heavy atom. The molecule has 5 nitrogen and oxygen atoms in total. The maximum atomic E-state index is 13.5. The second kappa shape index (κ2) is 12.9. The highest BCUT2D eigenvalue weighted by molar-refractivity contribution is 6.80. The Morgan fingerprint density at radius 3 is 1.71 bits per heavy atom. The Hall–Kier alpha value is -0.159. The lowest BCUT2D eigenvalue weighted by Crippen LogP contribution is -2.57. The van der Waals surface area contributed by atoms with E-state index < -0.39 is 25.1 Å². The molecule has 0 bridgehead atoms. The van der Waals surface area contributed by atoms with Gasteiger partial charge in [0.25, 0.3) is 8.32 Å². The molecule has 0 heterocycles. The fraction of sp³-hybridized carbons (Fsp3) is 0.957. The summed E-state index contributed by atoms with van der Waals surface area (Å²) in [6, 6.07) is 0.889. The predicted octanol–water partition coefficient (Wildman–Crippen LogP) is 7.75. The second-order valence-corrected chi connectivity index (χ2v) is 24.6. The van der Waals surface area contributed by atoms with Crippen molar-refractivity contribution >= 4 is 31.2 Å². The maximum Gasteiger partial charge on any atom is 0.388 e. The monoisotopic (exact) mass is 491 g/mol. The Kier molecular flexibility index (Phi) is 12.8. The first-order chi connectivity index (χ1) is 14.1. The lowest BCUT2D eigenvalue weighted by atomic mass is 10.3. The molecule has 2 atom stereocenters. The summed E-state index contributed by atoms with van der Waals surface area (Å²) in [5.41, 5.74) is 1.16. The normalized spacial score (nSPS) is 16.0. The van der Waals surface area contributed by atoms with Gasteiger partial charge in [0.15, 0.2) is 8.24 Å². The van der Waals surface area contributed by atoms with E-state index in [9.17, 15) is 4.79 Å². The van der Waals surface area contributed by atoms with Crippen molar-refractivity contribution < 1.29 is 18.1 Å². The van der Waals surface area contributed by atoms with Crippen LogP contribution in [0.5, 0.6) is 0 Å². The highest BCUT2D eigenvalue weighted by Crippen LogP contribution is 2.42. The Balaban J connectivity index is 5.51. The van der Waals surface area contributed by atoms with Crippen LogP contribution in [0.3, 0.4) is 0 Å². The highest BCUT2D eigenvalue weighted by atomic mass is 28.4. The van der Waals surface area contributed by atoms with Gasteiger partial charge in [-0.1, -0.05) is 68.1 Å². The molecular weight excluding hydrogens is 439 g/mol. The van der Waals surface area contributed by atoms with E-state index in [2.05, 4.69) is 86.1 Å². The van der Waals surface area contributed by atoms with Crippen LogP contribution < -0.4 is 0 Å². The predicted molar refractivity (Wildman–Crippen MR) is 141 cm³/mol. The van der Waals surface area contributed by atoms with Crippen molar-refractivity contribution in [2.75, 3.05) is 13.2 Å². The minimum atomic E-state index is -2.26. The molecule has 0 radical (unpaired) electrons. The van der Waals surface area contributed by atoms with Crippen molar-refractivity contribution in [3.63, 3.8) is 0 Å². The number of carbonyl (C=O) groups is 1. The lowest BCUT2D eigenvalue weighted by molar-refractivity contribution is 0.126. The van der Waals surface area contributed by atoms with E-state index in [1.165, 1.54) is 0 Å². The van der Waals surface area contributed by atoms with E-state index >= 15 is 0 Å². The quantitative estimate of drug-likeness (QED) is 0.233. The van der Waals surface area contributed by atoms with Gasteiger partial charge in [-0.15, -0.1) is 0 Å². The van der Waals surface area contributed by atoms with Crippen LogP contribution in [0.1, 0.15) is 75.2 Å². The number of hydrogen-bond acceptors (Lipinski definition) is 4. The molecule has 0 aromatic heterocycles. The molecule has 2 unspecified atom stereocenters. The van der Waals surface area contributed by atoms with Crippen molar-refractivity contribution in [3.8, 4) is 0 Å². The topological polar surface area (TPSA) is 48.0 Å². The Labute approximate surface area is 197 Å². The van der Waals surface area contributed by atoms with E-state index in [1.54, 1.807) is 0 Å². The first kappa shape index (κ1) is 30.8. The van der Waals surface area contributed by atoms with E-state index in [0.717, 1.165) is 18.9 Å². The maximum absolute atomic E-state index is 13.5. The van der Waals surface area contributed by atoms with Crippen molar-refractivity contribution in [1.82, 2.24) is 4.57 Å². The molecule has 0 spiro atoms. The fourth-order valence-corrected chi connectivity index (χ4v) is 14.2. The van der Waals surface area contributed by atoms with Gasteiger partial charge in [0.05, 0.1) is 0 Å². The molecule has 0 aromatic rings. The summed E-state index contributed by atoms with van der Waals surface area (Å²) in [5.74, 6) is 0. The highest BCUT2D eigenvalue weighted by Gasteiger charge is 2.49. The smallest absolute Gasteiger partial charge is 0.388 e. The number of hydrogen-bond donors (Lipinski definition) is 0. The molecule has 0 saturated carbocycles. The number of amides is 1. The summed E-state index contributed by atoms with van der Waals surface area (Å²) < 4.78 is 21.0. The largest absolute Gasteiger partial charge is 0.503 e. The van der Waals surface area contributed by atoms with Gasteiger partial charge in [0.2, 0.25) is 0 Å². The average molecular weight is 492 g/mol. The van der Waals surface area contributed by atoms with Crippen molar-refractivity contribution in [1.29, 1.82) is 0 Å². The van der Waals surface area contributed by atoms with Gasteiger partial charge in [-0.3, -0.25) is 0 Å². The number of carbonyl (C=O) groups excluding carboxylic acids is 1. The van der Waals surface area contributed by atoms with Crippen molar-refractivity contribution in [2.45, 2.75) is 130 Å².